The molecule has 0 unspecified atom stereocenters. The second-order valence-corrected chi connectivity index (χ2v) is 6.26. The number of likely N-dealkylation sites (tertiary alicyclic amines) is 1. The highest BCUT2D eigenvalue weighted by atomic mass is 35.5. The maximum Gasteiger partial charge on any atom is 0.238 e. The average Bonchev–Trinajstić information content (AvgIpc) is 2.36. The monoisotopic (exact) mass is 316 g/mol. The highest BCUT2D eigenvalue weighted by molar-refractivity contribution is 6.42. The number of carbonyl (C=O) groups is 1. The van der Waals surface area contributed by atoms with Crippen LogP contribution in [0.5, 0.6) is 0 Å². The van der Waals surface area contributed by atoms with E-state index in [4.69, 9.17) is 23.2 Å². The maximum atomic E-state index is 11.9. The first-order valence-corrected chi connectivity index (χ1v) is 7.31. The Bertz CT molecular complexity index is 496. The van der Waals surface area contributed by atoms with Gasteiger partial charge in [0.1, 0.15) is 0 Å². The first kappa shape index (κ1) is 15.6. The van der Waals surface area contributed by atoms with Gasteiger partial charge in [0.15, 0.2) is 0 Å². The van der Waals surface area contributed by atoms with Crippen molar-refractivity contribution in [2.24, 2.45) is 0 Å². The second-order valence-electron chi connectivity index (χ2n) is 5.45. The largest absolute Gasteiger partial charge is 0.390 e. The van der Waals surface area contributed by atoms with Gasteiger partial charge in [-0.05, 0) is 38.0 Å². The van der Waals surface area contributed by atoms with Gasteiger partial charge in [-0.15, -0.1) is 0 Å². The van der Waals surface area contributed by atoms with Crippen LogP contribution in [0.3, 0.4) is 0 Å². The van der Waals surface area contributed by atoms with E-state index in [1.165, 1.54) is 0 Å². The van der Waals surface area contributed by atoms with Gasteiger partial charge in [0.05, 0.1) is 22.2 Å². The predicted molar refractivity (Wildman–Crippen MR) is 81.4 cm³/mol. The highest BCUT2D eigenvalue weighted by Crippen LogP contribution is 2.25. The lowest BCUT2D eigenvalue weighted by atomic mass is 9.94. The van der Waals surface area contributed by atoms with E-state index < -0.39 is 5.60 Å². The number of anilines is 1. The van der Waals surface area contributed by atoms with Gasteiger partial charge < -0.3 is 10.4 Å². The molecule has 0 spiro atoms. The Morgan fingerprint density at radius 3 is 2.60 bits per heavy atom. The molecule has 1 aliphatic heterocycles. The quantitative estimate of drug-likeness (QED) is 0.901. The molecule has 6 heteroatoms. The molecule has 0 bridgehead atoms. The lowest BCUT2D eigenvalue weighted by Crippen LogP contribution is -2.45. The molecule has 2 N–H and O–H groups in total. The van der Waals surface area contributed by atoms with Crippen molar-refractivity contribution < 1.29 is 9.90 Å². The molecule has 0 radical (unpaired) electrons. The van der Waals surface area contributed by atoms with E-state index in [0.29, 0.717) is 35.1 Å². The van der Waals surface area contributed by atoms with Crippen LogP contribution in [0.2, 0.25) is 10.0 Å². The minimum atomic E-state index is -0.601. The Labute approximate surface area is 128 Å². The Balaban J connectivity index is 1.85. The van der Waals surface area contributed by atoms with E-state index in [1.54, 1.807) is 18.2 Å². The van der Waals surface area contributed by atoms with Crippen molar-refractivity contribution in [2.45, 2.75) is 25.4 Å². The fourth-order valence-electron chi connectivity index (χ4n) is 2.17. The normalized spacial score (nSPS) is 18.8. The molecule has 0 aromatic heterocycles. The fraction of sp³-hybridized carbons (Fsp3) is 0.500. The van der Waals surface area contributed by atoms with Crippen molar-refractivity contribution in [1.82, 2.24) is 4.90 Å². The number of benzene rings is 1. The van der Waals surface area contributed by atoms with Crippen LogP contribution in [-0.4, -0.2) is 41.1 Å². The van der Waals surface area contributed by atoms with Crippen LogP contribution >= 0.6 is 23.2 Å². The van der Waals surface area contributed by atoms with Crippen molar-refractivity contribution in [3.05, 3.63) is 28.2 Å². The Morgan fingerprint density at radius 2 is 2.00 bits per heavy atom. The summed E-state index contributed by atoms with van der Waals surface area (Å²) in [5.41, 5.74) is 0.0323. The molecule has 110 valence electrons. The van der Waals surface area contributed by atoms with Gasteiger partial charge in [-0.1, -0.05) is 23.2 Å². The smallest absolute Gasteiger partial charge is 0.238 e. The molecule has 0 saturated carbocycles. The fourth-order valence-corrected chi connectivity index (χ4v) is 2.47. The lowest BCUT2D eigenvalue weighted by molar-refractivity contribution is -0.118. The average molecular weight is 317 g/mol. The number of carbonyl (C=O) groups excluding carboxylic acids is 1. The molecule has 1 aliphatic rings. The van der Waals surface area contributed by atoms with Crippen molar-refractivity contribution in [3.8, 4) is 0 Å². The number of aliphatic hydroxyl groups is 1. The summed E-state index contributed by atoms with van der Waals surface area (Å²) in [6.45, 7) is 3.60. The van der Waals surface area contributed by atoms with Crippen molar-refractivity contribution in [3.63, 3.8) is 0 Å². The van der Waals surface area contributed by atoms with Crippen LogP contribution < -0.4 is 5.32 Å². The number of halogens is 2. The van der Waals surface area contributed by atoms with E-state index in [1.807, 2.05) is 11.8 Å². The van der Waals surface area contributed by atoms with Crippen molar-refractivity contribution in [1.29, 1.82) is 0 Å². The van der Waals surface area contributed by atoms with Gasteiger partial charge in [-0.2, -0.15) is 0 Å². The third kappa shape index (κ3) is 4.35. The Kier molecular flexibility index (Phi) is 4.91. The molecular weight excluding hydrogens is 299 g/mol. The van der Waals surface area contributed by atoms with E-state index in [2.05, 4.69) is 5.32 Å². The van der Waals surface area contributed by atoms with E-state index in [9.17, 15) is 9.90 Å². The van der Waals surface area contributed by atoms with Gasteiger partial charge in [0, 0.05) is 18.8 Å². The van der Waals surface area contributed by atoms with Gasteiger partial charge in [-0.25, -0.2) is 0 Å². The predicted octanol–water partition coefficient (Wildman–Crippen LogP) is 2.78. The second kappa shape index (κ2) is 6.31. The van der Waals surface area contributed by atoms with E-state index >= 15 is 0 Å². The standard InChI is InChI=1S/C14H18Cl2N2O2/c1-14(20)4-6-18(7-5-14)9-13(19)17-10-2-3-11(15)12(16)8-10/h2-3,8,20H,4-7,9H2,1H3,(H,17,19). The molecule has 2 rings (SSSR count). The lowest BCUT2D eigenvalue weighted by Gasteiger charge is -2.35. The van der Waals surface area contributed by atoms with Crippen LogP contribution in [-0.2, 0) is 4.79 Å². The van der Waals surface area contributed by atoms with E-state index in [-0.39, 0.29) is 5.91 Å². The zero-order chi connectivity index (χ0) is 14.8. The first-order chi connectivity index (χ1) is 9.35. The molecule has 4 nitrogen and oxygen atoms in total. The van der Waals surface area contributed by atoms with Crippen molar-refractivity contribution in [2.75, 3.05) is 25.0 Å². The minimum absolute atomic E-state index is 0.0927. The van der Waals surface area contributed by atoms with Gasteiger partial charge >= 0.3 is 0 Å². The summed E-state index contributed by atoms with van der Waals surface area (Å²) < 4.78 is 0. The molecule has 1 saturated heterocycles. The number of hydrogen-bond acceptors (Lipinski definition) is 3. The molecule has 1 amide bonds. The Morgan fingerprint density at radius 1 is 1.35 bits per heavy atom. The number of nitrogens with zero attached hydrogens (tertiary/aromatic N) is 1. The SMILES string of the molecule is CC1(O)CCN(CC(=O)Nc2ccc(Cl)c(Cl)c2)CC1. The first-order valence-electron chi connectivity index (χ1n) is 6.55. The molecule has 0 aliphatic carbocycles. The number of rotatable bonds is 3. The van der Waals surface area contributed by atoms with Crippen molar-refractivity contribution >= 4 is 34.8 Å². The minimum Gasteiger partial charge on any atom is -0.390 e. The van der Waals surface area contributed by atoms with Gasteiger partial charge in [0.25, 0.3) is 0 Å². The summed E-state index contributed by atoms with van der Waals surface area (Å²) in [4.78, 5) is 14.0. The summed E-state index contributed by atoms with van der Waals surface area (Å²) in [5.74, 6) is -0.0927. The van der Waals surface area contributed by atoms with Crippen LogP contribution in [0.1, 0.15) is 19.8 Å². The number of amides is 1. The molecular formula is C14H18Cl2N2O2. The molecule has 0 atom stereocenters. The van der Waals surface area contributed by atoms with Gasteiger partial charge in [-0.3, -0.25) is 9.69 Å². The maximum absolute atomic E-state index is 11.9. The number of piperidine rings is 1. The zero-order valence-corrected chi connectivity index (χ0v) is 12.8. The van der Waals surface area contributed by atoms with Crippen LogP contribution in [0, 0.1) is 0 Å². The summed E-state index contributed by atoms with van der Waals surface area (Å²) >= 11 is 11.7. The van der Waals surface area contributed by atoms with E-state index in [0.717, 1.165) is 13.1 Å². The summed E-state index contributed by atoms with van der Waals surface area (Å²) in [5, 5.41) is 13.5. The number of nitrogens with one attached hydrogen (secondary N) is 1. The summed E-state index contributed by atoms with van der Waals surface area (Å²) in [6.07, 6.45) is 1.38. The molecule has 1 fully saturated rings. The third-order valence-corrected chi connectivity index (χ3v) is 4.24. The Hall–Kier alpha value is -0.810. The summed E-state index contributed by atoms with van der Waals surface area (Å²) in [7, 11) is 0. The third-order valence-electron chi connectivity index (χ3n) is 3.50. The van der Waals surface area contributed by atoms with Crippen LogP contribution in [0.4, 0.5) is 5.69 Å². The van der Waals surface area contributed by atoms with Crippen LogP contribution in [0.25, 0.3) is 0 Å². The zero-order valence-electron chi connectivity index (χ0n) is 11.3. The van der Waals surface area contributed by atoms with Gasteiger partial charge in [0.2, 0.25) is 5.91 Å². The molecule has 20 heavy (non-hydrogen) atoms. The number of hydrogen-bond donors (Lipinski definition) is 2. The molecule has 1 aromatic rings. The topological polar surface area (TPSA) is 52.6 Å². The molecule has 1 aromatic carbocycles. The summed E-state index contributed by atoms with van der Waals surface area (Å²) in [6, 6.07) is 4.99. The van der Waals surface area contributed by atoms with Crippen LogP contribution in [0.15, 0.2) is 18.2 Å². The molecule has 1 heterocycles. The highest BCUT2D eigenvalue weighted by Gasteiger charge is 2.27.